The first-order valence-electron chi connectivity index (χ1n) is 11.6. The molecule has 1 aliphatic heterocycles. The number of amides is 1. The van der Waals surface area contributed by atoms with Gasteiger partial charge in [0.25, 0.3) is 0 Å². The number of carbonyl (C=O) groups excluding carboxylic acids is 1. The zero-order valence-electron chi connectivity index (χ0n) is 19.9. The molecular formula is C26H24ClFN6O3. The first-order chi connectivity index (χ1) is 17.9. The monoisotopic (exact) mass is 522 g/mol. The van der Waals surface area contributed by atoms with Crippen LogP contribution in [0.1, 0.15) is 0 Å². The Hall–Kier alpha value is -4.15. The van der Waals surface area contributed by atoms with Gasteiger partial charge in [-0.15, -0.1) is 0 Å². The van der Waals surface area contributed by atoms with Crippen molar-refractivity contribution in [1.82, 2.24) is 19.4 Å². The van der Waals surface area contributed by atoms with Crippen LogP contribution in [0.2, 0.25) is 5.02 Å². The molecule has 3 N–H and O–H groups in total. The fourth-order valence-corrected chi connectivity index (χ4v) is 4.69. The molecule has 0 bridgehead atoms. The maximum atomic E-state index is 14.9. The van der Waals surface area contributed by atoms with Gasteiger partial charge in [0.15, 0.2) is 0 Å². The molecule has 4 aromatic rings. The molecule has 1 aliphatic rings. The molecule has 2 aromatic heterocycles. The molecule has 11 heteroatoms. The van der Waals surface area contributed by atoms with Gasteiger partial charge in [0, 0.05) is 56.7 Å². The molecule has 190 valence electrons. The highest BCUT2D eigenvalue weighted by Gasteiger charge is 2.19. The summed E-state index contributed by atoms with van der Waals surface area (Å²) in [6.07, 6.45) is 3.74. The van der Waals surface area contributed by atoms with Gasteiger partial charge >= 0.3 is 5.69 Å². The number of pyridine rings is 1. The Morgan fingerprint density at radius 3 is 2.46 bits per heavy atom. The topological polar surface area (TPSA) is 104 Å². The Morgan fingerprint density at radius 2 is 1.81 bits per heavy atom. The second kappa shape index (κ2) is 10.1. The summed E-state index contributed by atoms with van der Waals surface area (Å²) in [5.74, 6) is 0.172. The third-order valence-corrected chi connectivity index (χ3v) is 6.61. The highest BCUT2D eigenvalue weighted by atomic mass is 35.5. The second-order valence-electron chi connectivity index (χ2n) is 8.68. The minimum Gasteiger partial charge on any atom is -0.507 e. The van der Waals surface area contributed by atoms with Crippen LogP contribution in [0.4, 0.5) is 16.0 Å². The fourth-order valence-electron chi connectivity index (χ4n) is 4.42. The number of aryl methyl sites for hydroxylation is 1. The molecule has 1 saturated heterocycles. The number of anilines is 2. The van der Waals surface area contributed by atoms with Gasteiger partial charge in [-0.3, -0.25) is 9.36 Å². The number of piperazine rings is 1. The lowest BCUT2D eigenvalue weighted by Crippen LogP contribution is -2.43. The molecule has 3 heterocycles. The predicted molar refractivity (Wildman–Crippen MR) is 141 cm³/mol. The van der Waals surface area contributed by atoms with Gasteiger partial charge < -0.3 is 25.2 Å². The average molecular weight is 523 g/mol. The van der Waals surface area contributed by atoms with E-state index in [-0.39, 0.29) is 33.4 Å². The standard InChI is InChI=1S/C26H24ClFN6O3/c1-32-8-9-34(26(32)37)22-3-2-16(10-21(22)27)19-13-18(28)14-20(25(19)36)17-11-23(30-15-35)31-24(12-17)33-6-4-29-5-7-33/h2-3,8-15,29,36H,4-7H2,1H3,(H,30,31,35). The van der Waals surface area contributed by atoms with Crippen LogP contribution >= 0.6 is 11.6 Å². The number of halogens is 2. The molecule has 37 heavy (non-hydrogen) atoms. The van der Waals surface area contributed by atoms with Gasteiger partial charge in [-0.1, -0.05) is 17.7 Å². The van der Waals surface area contributed by atoms with Crippen LogP contribution in [0.5, 0.6) is 5.75 Å². The largest absolute Gasteiger partial charge is 0.507 e. The molecule has 0 unspecified atom stereocenters. The van der Waals surface area contributed by atoms with E-state index in [0.29, 0.717) is 42.1 Å². The lowest BCUT2D eigenvalue weighted by Gasteiger charge is -2.29. The zero-order valence-corrected chi connectivity index (χ0v) is 20.7. The molecule has 9 nitrogen and oxygen atoms in total. The molecule has 0 radical (unpaired) electrons. The summed E-state index contributed by atoms with van der Waals surface area (Å²) in [6, 6.07) is 10.7. The van der Waals surface area contributed by atoms with Crippen LogP contribution in [-0.2, 0) is 11.8 Å². The summed E-state index contributed by atoms with van der Waals surface area (Å²) >= 11 is 6.50. The highest BCUT2D eigenvalue weighted by Crippen LogP contribution is 2.41. The minimum atomic E-state index is -0.562. The van der Waals surface area contributed by atoms with Gasteiger partial charge in [-0.2, -0.15) is 0 Å². The van der Waals surface area contributed by atoms with Crippen molar-refractivity contribution in [2.24, 2.45) is 7.05 Å². The summed E-state index contributed by atoms with van der Waals surface area (Å²) in [6.45, 7) is 2.99. The Kier molecular flexibility index (Phi) is 6.68. The van der Waals surface area contributed by atoms with Gasteiger partial charge in [-0.05, 0) is 47.5 Å². The number of nitrogens with one attached hydrogen (secondary N) is 2. The second-order valence-corrected chi connectivity index (χ2v) is 9.08. The first kappa shape index (κ1) is 24.5. The Morgan fingerprint density at radius 1 is 1.08 bits per heavy atom. The third-order valence-electron chi connectivity index (χ3n) is 6.31. The average Bonchev–Trinajstić information content (AvgIpc) is 3.23. The summed E-state index contributed by atoms with van der Waals surface area (Å²) < 4.78 is 17.7. The molecule has 2 aromatic carbocycles. The van der Waals surface area contributed by atoms with Crippen LogP contribution in [0, 0.1) is 5.82 Å². The van der Waals surface area contributed by atoms with E-state index in [2.05, 4.69) is 20.5 Å². The molecule has 5 rings (SSSR count). The van der Waals surface area contributed by atoms with Gasteiger partial charge in [-0.25, -0.2) is 14.2 Å². The maximum Gasteiger partial charge on any atom is 0.332 e. The van der Waals surface area contributed by atoms with Gasteiger partial charge in [0.2, 0.25) is 6.41 Å². The Balaban J connectivity index is 1.59. The number of benzene rings is 2. The van der Waals surface area contributed by atoms with Crippen LogP contribution in [-0.4, -0.2) is 51.8 Å². The lowest BCUT2D eigenvalue weighted by molar-refractivity contribution is -0.105. The maximum absolute atomic E-state index is 14.9. The molecule has 0 saturated carbocycles. The lowest BCUT2D eigenvalue weighted by atomic mass is 9.97. The number of phenolic OH excluding ortho intramolecular Hbond substituents is 1. The smallest absolute Gasteiger partial charge is 0.332 e. The molecular weight excluding hydrogens is 499 g/mol. The van der Waals surface area contributed by atoms with Crippen LogP contribution in [0.15, 0.2) is 59.7 Å². The number of aromatic hydroxyl groups is 1. The third kappa shape index (κ3) is 4.81. The number of carbonyl (C=O) groups is 1. The molecule has 1 fully saturated rings. The number of aromatic nitrogens is 3. The van der Waals surface area contributed by atoms with Crippen LogP contribution < -0.4 is 21.2 Å². The van der Waals surface area contributed by atoms with Crippen molar-refractivity contribution in [3.8, 4) is 33.7 Å². The molecule has 0 aliphatic carbocycles. The van der Waals surface area contributed by atoms with Crippen molar-refractivity contribution in [2.45, 2.75) is 0 Å². The van der Waals surface area contributed by atoms with Gasteiger partial charge in [0.05, 0.1) is 10.7 Å². The van der Waals surface area contributed by atoms with Crippen molar-refractivity contribution < 1.29 is 14.3 Å². The first-order valence-corrected chi connectivity index (χ1v) is 12.0. The van der Waals surface area contributed by atoms with E-state index in [1.54, 1.807) is 49.8 Å². The van der Waals surface area contributed by atoms with Crippen molar-refractivity contribution in [1.29, 1.82) is 0 Å². The molecule has 1 amide bonds. The van der Waals surface area contributed by atoms with Crippen molar-refractivity contribution in [3.63, 3.8) is 0 Å². The van der Waals surface area contributed by atoms with Crippen LogP contribution in [0.3, 0.4) is 0 Å². The Bertz CT molecular complexity index is 1540. The number of rotatable bonds is 6. The Labute approximate surface area is 216 Å². The van der Waals surface area contributed by atoms with Crippen molar-refractivity contribution in [2.75, 3.05) is 36.4 Å². The highest BCUT2D eigenvalue weighted by molar-refractivity contribution is 6.32. The van der Waals surface area contributed by atoms with E-state index in [0.717, 1.165) is 13.1 Å². The van der Waals surface area contributed by atoms with E-state index in [4.69, 9.17) is 11.6 Å². The minimum absolute atomic E-state index is 0.156. The number of phenols is 1. The van der Waals surface area contributed by atoms with E-state index in [1.807, 2.05) is 0 Å². The SMILES string of the molecule is Cn1ccn(-c2ccc(-c3cc(F)cc(-c4cc(NC=O)nc(N5CCNCC5)c4)c3O)cc2Cl)c1=O. The van der Waals surface area contributed by atoms with E-state index in [9.17, 15) is 19.1 Å². The normalized spacial score (nSPS) is 13.5. The molecule has 0 atom stereocenters. The summed E-state index contributed by atoms with van der Waals surface area (Å²) in [5, 5.41) is 17.4. The van der Waals surface area contributed by atoms with Crippen molar-refractivity contribution in [3.05, 3.63) is 76.2 Å². The number of nitrogens with zero attached hydrogens (tertiary/aromatic N) is 4. The van der Waals surface area contributed by atoms with E-state index >= 15 is 0 Å². The van der Waals surface area contributed by atoms with E-state index < -0.39 is 5.82 Å². The quantitative estimate of drug-likeness (QED) is 0.335. The number of hydrogen-bond donors (Lipinski definition) is 3. The van der Waals surface area contributed by atoms with Crippen molar-refractivity contribution >= 4 is 29.6 Å². The van der Waals surface area contributed by atoms with Gasteiger partial charge in [0.1, 0.15) is 23.2 Å². The summed E-state index contributed by atoms with van der Waals surface area (Å²) in [5.41, 5.74) is 1.63. The number of imidazole rings is 1. The van der Waals surface area contributed by atoms with Crippen LogP contribution in [0.25, 0.3) is 27.9 Å². The zero-order chi connectivity index (χ0) is 26.1. The predicted octanol–water partition coefficient (Wildman–Crippen LogP) is 3.38. The summed E-state index contributed by atoms with van der Waals surface area (Å²) in [7, 11) is 1.64. The number of hydrogen-bond acceptors (Lipinski definition) is 6. The van der Waals surface area contributed by atoms with E-state index in [1.165, 1.54) is 21.3 Å². The fraction of sp³-hybridized carbons (Fsp3) is 0.192. The molecule has 0 spiro atoms. The summed E-state index contributed by atoms with van der Waals surface area (Å²) in [4.78, 5) is 30.0.